The number of hydrogen-bond acceptors (Lipinski definition) is 4. The average molecular weight is 304 g/mol. The average Bonchev–Trinajstić information content (AvgIpc) is 2.80. The van der Waals surface area contributed by atoms with E-state index < -0.39 is 0 Å². The maximum Gasteiger partial charge on any atom is 0.254 e. The first-order valence-corrected chi connectivity index (χ1v) is 8.08. The minimum absolute atomic E-state index is 0.0857. The molecule has 5 heteroatoms. The second-order valence-electron chi connectivity index (χ2n) is 6.13. The highest BCUT2D eigenvalue weighted by atomic mass is 16.6. The Hall–Kier alpha value is -1.75. The zero-order valence-corrected chi connectivity index (χ0v) is 13.4. The van der Waals surface area contributed by atoms with Gasteiger partial charge >= 0.3 is 0 Å². The first-order chi connectivity index (χ1) is 10.6. The Bertz CT molecular complexity index is 545. The first kappa shape index (κ1) is 15.2. The zero-order chi connectivity index (χ0) is 15.5. The number of amides is 1. The lowest BCUT2D eigenvalue weighted by atomic mass is 10.1. The Balaban J connectivity index is 1.71. The van der Waals surface area contributed by atoms with Gasteiger partial charge in [0.1, 0.15) is 13.2 Å². The van der Waals surface area contributed by atoms with Gasteiger partial charge in [-0.25, -0.2) is 0 Å². The van der Waals surface area contributed by atoms with Crippen molar-refractivity contribution < 1.29 is 14.3 Å². The lowest BCUT2D eigenvalue weighted by molar-refractivity contribution is 0.0758. The van der Waals surface area contributed by atoms with Crippen LogP contribution in [0.5, 0.6) is 11.5 Å². The number of rotatable bonds is 2. The van der Waals surface area contributed by atoms with Gasteiger partial charge in [-0.3, -0.25) is 9.69 Å². The van der Waals surface area contributed by atoms with Crippen molar-refractivity contribution in [3.63, 3.8) is 0 Å². The van der Waals surface area contributed by atoms with Crippen molar-refractivity contribution in [3.8, 4) is 11.5 Å². The Morgan fingerprint density at radius 3 is 2.59 bits per heavy atom. The summed E-state index contributed by atoms with van der Waals surface area (Å²) in [5, 5.41) is 0. The summed E-state index contributed by atoms with van der Waals surface area (Å²) in [5.41, 5.74) is 0.683. The molecular formula is C17H24N2O3. The van der Waals surface area contributed by atoms with E-state index in [0.717, 1.165) is 38.3 Å². The summed E-state index contributed by atoms with van der Waals surface area (Å²) < 4.78 is 11.1. The molecule has 22 heavy (non-hydrogen) atoms. The quantitative estimate of drug-likeness (QED) is 0.838. The third-order valence-electron chi connectivity index (χ3n) is 4.34. The standard InChI is InChI=1S/C17H24N2O3/c1-13(2)18-6-3-7-19(9-8-18)17(20)14-4-5-15-16(12-14)22-11-10-21-15/h4-5,12-13H,3,6-11H2,1-2H3. The molecule has 120 valence electrons. The minimum Gasteiger partial charge on any atom is -0.486 e. The van der Waals surface area contributed by atoms with Crippen molar-refractivity contribution in [2.24, 2.45) is 0 Å². The molecule has 5 nitrogen and oxygen atoms in total. The van der Waals surface area contributed by atoms with E-state index in [1.807, 2.05) is 23.1 Å². The van der Waals surface area contributed by atoms with Crippen LogP contribution in [0.1, 0.15) is 30.6 Å². The SMILES string of the molecule is CC(C)N1CCCN(C(=O)c2ccc3c(c2)OCCO3)CC1. The molecule has 0 N–H and O–H groups in total. The van der Waals surface area contributed by atoms with Crippen molar-refractivity contribution >= 4 is 5.91 Å². The molecule has 1 aromatic carbocycles. The van der Waals surface area contributed by atoms with E-state index in [4.69, 9.17) is 9.47 Å². The van der Waals surface area contributed by atoms with Crippen LogP contribution in [-0.4, -0.2) is 61.1 Å². The molecule has 2 aliphatic rings. The van der Waals surface area contributed by atoms with E-state index in [1.54, 1.807) is 0 Å². The van der Waals surface area contributed by atoms with Crippen molar-refractivity contribution in [3.05, 3.63) is 23.8 Å². The summed E-state index contributed by atoms with van der Waals surface area (Å²) in [4.78, 5) is 17.1. The van der Waals surface area contributed by atoms with E-state index in [-0.39, 0.29) is 5.91 Å². The summed E-state index contributed by atoms with van der Waals surface area (Å²) in [6, 6.07) is 6.01. The van der Waals surface area contributed by atoms with Crippen LogP contribution >= 0.6 is 0 Å². The van der Waals surface area contributed by atoms with E-state index in [0.29, 0.717) is 30.6 Å². The first-order valence-electron chi connectivity index (χ1n) is 8.08. The van der Waals surface area contributed by atoms with E-state index >= 15 is 0 Å². The van der Waals surface area contributed by atoms with Crippen LogP contribution in [0.25, 0.3) is 0 Å². The molecule has 0 bridgehead atoms. The van der Waals surface area contributed by atoms with Crippen LogP contribution in [0.4, 0.5) is 0 Å². The van der Waals surface area contributed by atoms with E-state index in [2.05, 4.69) is 18.7 Å². The van der Waals surface area contributed by atoms with Gasteiger partial charge in [-0.1, -0.05) is 0 Å². The lowest BCUT2D eigenvalue weighted by Gasteiger charge is -2.25. The fourth-order valence-corrected chi connectivity index (χ4v) is 3.02. The van der Waals surface area contributed by atoms with Gasteiger partial charge in [-0.2, -0.15) is 0 Å². The molecule has 1 aromatic rings. The molecule has 1 fully saturated rings. The highest BCUT2D eigenvalue weighted by Gasteiger charge is 2.23. The predicted molar refractivity (Wildman–Crippen MR) is 84.7 cm³/mol. The second-order valence-corrected chi connectivity index (χ2v) is 6.13. The number of carbonyl (C=O) groups is 1. The van der Waals surface area contributed by atoms with Crippen molar-refractivity contribution in [1.82, 2.24) is 9.80 Å². The summed E-state index contributed by atoms with van der Waals surface area (Å²) in [6.07, 6.45) is 1.02. The molecule has 2 aliphatic heterocycles. The third kappa shape index (κ3) is 3.19. The van der Waals surface area contributed by atoms with Gasteiger partial charge < -0.3 is 14.4 Å². The van der Waals surface area contributed by atoms with Gasteiger partial charge in [-0.15, -0.1) is 0 Å². The van der Waals surface area contributed by atoms with Gasteiger partial charge in [-0.05, 0) is 38.5 Å². The molecule has 3 rings (SSSR count). The number of benzene rings is 1. The summed E-state index contributed by atoms with van der Waals surface area (Å²) in [6.45, 7) is 9.12. The molecular weight excluding hydrogens is 280 g/mol. The highest BCUT2D eigenvalue weighted by Crippen LogP contribution is 2.31. The van der Waals surface area contributed by atoms with Gasteiger partial charge in [0.2, 0.25) is 0 Å². The topological polar surface area (TPSA) is 42.0 Å². The van der Waals surface area contributed by atoms with Crippen molar-refractivity contribution in [1.29, 1.82) is 0 Å². The largest absolute Gasteiger partial charge is 0.486 e. The Morgan fingerprint density at radius 2 is 1.82 bits per heavy atom. The molecule has 0 saturated carbocycles. The van der Waals surface area contributed by atoms with Gasteiger partial charge in [0.15, 0.2) is 11.5 Å². The van der Waals surface area contributed by atoms with E-state index in [1.165, 1.54) is 0 Å². The fourth-order valence-electron chi connectivity index (χ4n) is 3.02. The van der Waals surface area contributed by atoms with Crippen LogP contribution in [0.2, 0.25) is 0 Å². The Kier molecular flexibility index (Phi) is 4.52. The Labute approximate surface area is 131 Å². The molecule has 0 aromatic heterocycles. The monoisotopic (exact) mass is 304 g/mol. The molecule has 2 heterocycles. The summed E-state index contributed by atoms with van der Waals surface area (Å²) in [7, 11) is 0. The Morgan fingerprint density at radius 1 is 1.05 bits per heavy atom. The van der Waals surface area contributed by atoms with Crippen LogP contribution < -0.4 is 9.47 Å². The third-order valence-corrected chi connectivity index (χ3v) is 4.34. The molecule has 1 saturated heterocycles. The number of fused-ring (bicyclic) bond motifs is 1. The fraction of sp³-hybridized carbons (Fsp3) is 0.588. The normalized spacial score (nSPS) is 19.1. The summed E-state index contributed by atoms with van der Waals surface area (Å²) >= 11 is 0. The van der Waals surface area contributed by atoms with Crippen LogP contribution in [0.15, 0.2) is 18.2 Å². The number of nitrogens with zero attached hydrogens (tertiary/aromatic N) is 2. The number of hydrogen-bond donors (Lipinski definition) is 0. The van der Waals surface area contributed by atoms with Gasteiger partial charge in [0.05, 0.1) is 0 Å². The number of carbonyl (C=O) groups excluding carboxylic acids is 1. The van der Waals surface area contributed by atoms with Crippen LogP contribution in [0, 0.1) is 0 Å². The lowest BCUT2D eigenvalue weighted by Crippen LogP contribution is -2.37. The minimum atomic E-state index is 0.0857. The molecule has 1 amide bonds. The van der Waals surface area contributed by atoms with Gasteiger partial charge in [0, 0.05) is 37.8 Å². The highest BCUT2D eigenvalue weighted by molar-refractivity contribution is 5.95. The number of ether oxygens (including phenoxy) is 2. The maximum absolute atomic E-state index is 12.7. The molecule has 0 unspecified atom stereocenters. The van der Waals surface area contributed by atoms with Crippen molar-refractivity contribution in [2.75, 3.05) is 39.4 Å². The van der Waals surface area contributed by atoms with E-state index in [9.17, 15) is 4.79 Å². The molecule has 0 radical (unpaired) electrons. The van der Waals surface area contributed by atoms with Gasteiger partial charge in [0.25, 0.3) is 5.91 Å². The van der Waals surface area contributed by atoms with Crippen LogP contribution in [0.3, 0.4) is 0 Å². The molecule has 0 spiro atoms. The molecule has 0 atom stereocenters. The molecule has 0 aliphatic carbocycles. The maximum atomic E-state index is 12.7. The van der Waals surface area contributed by atoms with Crippen molar-refractivity contribution in [2.45, 2.75) is 26.3 Å². The smallest absolute Gasteiger partial charge is 0.254 e. The summed E-state index contributed by atoms with van der Waals surface area (Å²) in [5.74, 6) is 1.49. The second kappa shape index (κ2) is 6.57. The van der Waals surface area contributed by atoms with Crippen LogP contribution in [-0.2, 0) is 0 Å². The zero-order valence-electron chi connectivity index (χ0n) is 13.4. The predicted octanol–water partition coefficient (Wildman–Crippen LogP) is 2.01.